The number of thiophene rings is 1. The number of amides is 1. The van der Waals surface area contributed by atoms with Crippen LogP contribution in [0.4, 0.5) is 5.69 Å². The molecule has 1 aromatic heterocycles. The van der Waals surface area contributed by atoms with Gasteiger partial charge in [0.1, 0.15) is 0 Å². The molecule has 30 heavy (non-hydrogen) atoms. The molecule has 0 saturated heterocycles. The average Bonchev–Trinajstić information content (AvgIpc) is 3.15. The Hall–Kier alpha value is -2.43. The SMILES string of the molecule is CCCCCCCCNCC(=O)Nc1cc2c3ccccc3sc2c2ccccc12. The normalized spacial score (nSPS) is 11.5. The lowest BCUT2D eigenvalue weighted by Crippen LogP contribution is -2.28. The zero-order valence-electron chi connectivity index (χ0n) is 17.7. The molecule has 0 radical (unpaired) electrons. The van der Waals surface area contributed by atoms with E-state index < -0.39 is 0 Å². The van der Waals surface area contributed by atoms with E-state index in [0.29, 0.717) is 6.54 Å². The molecular formula is C26H30N2OS. The number of carbonyl (C=O) groups is 1. The molecule has 1 heterocycles. The predicted octanol–water partition coefficient (Wildman–Crippen LogP) is 7.10. The lowest BCUT2D eigenvalue weighted by atomic mass is 10.0. The molecule has 4 aromatic rings. The van der Waals surface area contributed by atoms with Crippen LogP contribution in [0, 0.1) is 0 Å². The van der Waals surface area contributed by atoms with Gasteiger partial charge in [-0.25, -0.2) is 0 Å². The maximum atomic E-state index is 12.6. The van der Waals surface area contributed by atoms with Crippen molar-refractivity contribution in [3.05, 3.63) is 54.6 Å². The first-order valence-electron chi connectivity index (χ1n) is 11.1. The second-order valence-electron chi connectivity index (χ2n) is 7.94. The van der Waals surface area contributed by atoms with Gasteiger partial charge in [0, 0.05) is 36.6 Å². The van der Waals surface area contributed by atoms with Crippen molar-refractivity contribution in [2.45, 2.75) is 45.4 Å². The van der Waals surface area contributed by atoms with Gasteiger partial charge in [-0.3, -0.25) is 4.79 Å². The first-order valence-corrected chi connectivity index (χ1v) is 11.9. The van der Waals surface area contributed by atoms with Gasteiger partial charge in [-0.2, -0.15) is 0 Å². The Kier molecular flexibility index (Phi) is 6.98. The van der Waals surface area contributed by atoms with Crippen molar-refractivity contribution in [1.82, 2.24) is 5.32 Å². The number of fused-ring (bicyclic) bond motifs is 5. The van der Waals surface area contributed by atoms with E-state index in [0.717, 1.165) is 24.0 Å². The minimum absolute atomic E-state index is 0.0185. The molecule has 3 aromatic carbocycles. The quantitative estimate of drug-likeness (QED) is 0.270. The zero-order valence-corrected chi connectivity index (χ0v) is 18.5. The van der Waals surface area contributed by atoms with E-state index in [-0.39, 0.29) is 5.91 Å². The summed E-state index contributed by atoms with van der Waals surface area (Å²) in [7, 11) is 0. The summed E-state index contributed by atoms with van der Waals surface area (Å²) < 4.78 is 2.56. The fourth-order valence-corrected chi connectivity index (χ4v) is 5.30. The molecule has 0 aliphatic rings. The Morgan fingerprint density at radius 3 is 2.37 bits per heavy atom. The van der Waals surface area contributed by atoms with Crippen LogP contribution in [0.1, 0.15) is 45.4 Å². The highest BCUT2D eigenvalue weighted by atomic mass is 32.1. The van der Waals surface area contributed by atoms with Gasteiger partial charge in [0.05, 0.1) is 6.54 Å². The Balaban J connectivity index is 1.45. The zero-order chi connectivity index (χ0) is 20.8. The molecule has 0 fully saturated rings. The summed E-state index contributed by atoms with van der Waals surface area (Å²) in [6.07, 6.45) is 7.59. The minimum Gasteiger partial charge on any atom is -0.324 e. The summed E-state index contributed by atoms with van der Waals surface area (Å²) in [4.78, 5) is 12.6. The van der Waals surface area contributed by atoms with E-state index in [9.17, 15) is 4.79 Å². The number of benzene rings is 3. The second-order valence-corrected chi connectivity index (χ2v) is 8.99. The summed E-state index contributed by atoms with van der Waals surface area (Å²) in [5, 5.41) is 11.2. The van der Waals surface area contributed by atoms with Crippen molar-refractivity contribution in [2.75, 3.05) is 18.4 Å². The Bertz CT molecular complexity index is 1150. The van der Waals surface area contributed by atoms with Crippen molar-refractivity contribution in [3.63, 3.8) is 0 Å². The predicted molar refractivity (Wildman–Crippen MR) is 132 cm³/mol. The van der Waals surface area contributed by atoms with E-state index >= 15 is 0 Å². The molecular weight excluding hydrogens is 388 g/mol. The van der Waals surface area contributed by atoms with Crippen molar-refractivity contribution < 1.29 is 4.79 Å². The van der Waals surface area contributed by atoms with Gasteiger partial charge >= 0.3 is 0 Å². The number of hydrogen-bond acceptors (Lipinski definition) is 3. The number of nitrogens with one attached hydrogen (secondary N) is 2. The van der Waals surface area contributed by atoms with Crippen LogP contribution in [-0.2, 0) is 4.79 Å². The molecule has 2 N–H and O–H groups in total. The summed E-state index contributed by atoms with van der Waals surface area (Å²) >= 11 is 1.82. The van der Waals surface area contributed by atoms with Crippen LogP contribution >= 0.6 is 11.3 Å². The van der Waals surface area contributed by atoms with Gasteiger partial charge in [0.2, 0.25) is 5.91 Å². The minimum atomic E-state index is 0.0185. The number of hydrogen-bond donors (Lipinski definition) is 2. The highest BCUT2D eigenvalue weighted by Crippen LogP contribution is 2.41. The maximum Gasteiger partial charge on any atom is 0.238 e. The standard InChI is InChI=1S/C26H30N2OS/c1-2-3-4-5-6-11-16-27-18-25(29)28-23-17-22-20-13-9-10-15-24(20)30-26(22)21-14-8-7-12-19(21)23/h7-10,12-15,17,27H,2-6,11,16,18H2,1H3,(H,28,29). The third-order valence-corrected chi connectivity index (χ3v) is 6.87. The molecule has 0 aliphatic heterocycles. The molecule has 0 unspecified atom stereocenters. The Labute approximate surface area is 182 Å². The summed E-state index contributed by atoms with van der Waals surface area (Å²) in [6.45, 7) is 3.49. The van der Waals surface area contributed by atoms with Crippen molar-refractivity contribution in [2.24, 2.45) is 0 Å². The van der Waals surface area contributed by atoms with Crippen molar-refractivity contribution in [1.29, 1.82) is 0 Å². The number of rotatable bonds is 10. The fourth-order valence-electron chi connectivity index (χ4n) is 4.08. The van der Waals surface area contributed by atoms with Crippen LogP contribution in [0.5, 0.6) is 0 Å². The average molecular weight is 419 g/mol. The van der Waals surface area contributed by atoms with Crippen LogP contribution in [0.3, 0.4) is 0 Å². The third-order valence-electron chi connectivity index (χ3n) is 5.65. The van der Waals surface area contributed by atoms with Crippen LogP contribution in [0.15, 0.2) is 54.6 Å². The van der Waals surface area contributed by atoms with Gasteiger partial charge in [0.15, 0.2) is 0 Å². The number of anilines is 1. The van der Waals surface area contributed by atoms with E-state index in [4.69, 9.17) is 0 Å². The summed E-state index contributed by atoms with van der Waals surface area (Å²) in [5.41, 5.74) is 0.896. The molecule has 0 saturated carbocycles. The van der Waals surface area contributed by atoms with Crippen LogP contribution in [0.2, 0.25) is 0 Å². The molecule has 4 rings (SSSR count). The topological polar surface area (TPSA) is 41.1 Å². The summed E-state index contributed by atoms with van der Waals surface area (Å²) in [5.74, 6) is 0.0185. The molecule has 1 amide bonds. The lowest BCUT2D eigenvalue weighted by molar-refractivity contribution is -0.115. The van der Waals surface area contributed by atoms with E-state index in [1.807, 2.05) is 17.4 Å². The molecule has 156 valence electrons. The first-order chi connectivity index (χ1) is 14.8. The summed E-state index contributed by atoms with van der Waals surface area (Å²) in [6, 6.07) is 19.0. The van der Waals surface area contributed by atoms with E-state index in [2.05, 4.69) is 66.1 Å². The molecule has 0 aliphatic carbocycles. The molecule has 0 spiro atoms. The van der Waals surface area contributed by atoms with Crippen molar-refractivity contribution >= 4 is 53.9 Å². The molecule has 3 nitrogen and oxygen atoms in total. The maximum absolute atomic E-state index is 12.6. The van der Waals surface area contributed by atoms with Gasteiger partial charge < -0.3 is 10.6 Å². The first kappa shape index (κ1) is 20.8. The fraction of sp³-hybridized carbons (Fsp3) is 0.346. The van der Waals surface area contributed by atoms with Crippen LogP contribution < -0.4 is 10.6 Å². The Morgan fingerprint density at radius 2 is 1.53 bits per heavy atom. The highest BCUT2D eigenvalue weighted by Gasteiger charge is 2.13. The van der Waals surface area contributed by atoms with Gasteiger partial charge in [0.25, 0.3) is 0 Å². The molecule has 0 bridgehead atoms. The van der Waals surface area contributed by atoms with Gasteiger partial charge in [-0.15, -0.1) is 11.3 Å². The van der Waals surface area contributed by atoms with Gasteiger partial charge in [-0.05, 0) is 25.1 Å². The van der Waals surface area contributed by atoms with Crippen LogP contribution in [0.25, 0.3) is 30.9 Å². The van der Waals surface area contributed by atoms with Gasteiger partial charge in [-0.1, -0.05) is 81.5 Å². The molecule has 0 atom stereocenters. The van der Waals surface area contributed by atoms with Crippen LogP contribution in [-0.4, -0.2) is 19.0 Å². The lowest BCUT2D eigenvalue weighted by Gasteiger charge is -2.11. The monoisotopic (exact) mass is 418 g/mol. The third kappa shape index (κ3) is 4.66. The smallest absolute Gasteiger partial charge is 0.238 e. The Morgan fingerprint density at radius 1 is 0.833 bits per heavy atom. The largest absolute Gasteiger partial charge is 0.324 e. The van der Waals surface area contributed by atoms with Crippen molar-refractivity contribution in [3.8, 4) is 0 Å². The highest BCUT2D eigenvalue weighted by molar-refractivity contribution is 7.26. The number of unbranched alkanes of at least 4 members (excludes halogenated alkanes) is 5. The van der Waals surface area contributed by atoms with E-state index in [1.165, 1.54) is 57.7 Å². The number of carbonyl (C=O) groups excluding carboxylic acids is 1. The second kappa shape index (κ2) is 10.1. The molecule has 4 heteroatoms. The van der Waals surface area contributed by atoms with E-state index in [1.54, 1.807) is 0 Å².